The molecule has 0 fully saturated rings. The summed E-state index contributed by atoms with van der Waals surface area (Å²) in [6, 6.07) is 4.71. The van der Waals surface area contributed by atoms with E-state index in [2.05, 4.69) is 15.1 Å². The first kappa shape index (κ1) is 13.1. The lowest BCUT2D eigenvalue weighted by Gasteiger charge is -2.27. The minimum absolute atomic E-state index is 0.212. The van der Waals surface area contributed by atoms with Crippen molar-refractivity contribution in [3.8, 4) is 0 Å². The maximum Gasteiger partial charge on any atom is 0.147 e. The highest BCUT2D eigenvalue weighted by Gasteiger charge is 2.17. The van der Waals surface area contributed by atoms with Gasteiger partial charge in [0.1, 0.15) is 23.0 Å². The Bertz CT molecular complexity index is 654. The van der Waals surface area contributed by atoms with Gasteiger partial charge in [0.25, 0.3) is 0 Å². The lowest BCUT2D eigenvalue weighted by atomic mass is 10.1. The van der Waals surface area contributed by atoms with E-state index in [0.717, 1.165) is 24.5 Å². The van der Waals surface area contributed by atoms with Crippen LogP contribution in [0.25, 0.3) is 0 Å². The van der Waals surface area contributed by atoms with E-state index in [1.807, 2.05) is 10.6 Å². The average Bonchev–Trinajstić information content (AvgIpc) is 2.85. The zero-order valence-electron chi connectivity index (χ0n) is 10.8. The predicted molar refractivity (Wildman–Crippen MR) is 76.4 cm³/mol. The molecule has 0 atom stereocenters. The van der Waals surface area contributed by atoms with Crippen LogP contribution in [0.1, 0.15) is 17.0 Å². The second-order valence-corrected chi connectivity index (χ2v) is 5.30. The molecule has 1 aromatic heterocycles. The van der Waals surface area contributed by atoms with Gasteiger partial charge in [-0.25, -0.2) is 4.39 Å². The number of benzene rings is 1. The SMILES string of the molecule is NC(=S)c1cc(F)cc(CN2CCn3cnnc3C2)c1. The van der Waals surface area contributed by atoms with Crippen molar-refractivity contribution >= 4 is 17.2 Å². The molecule has 1 aliphatic heterocycles. The third-order valence-electron chi connectivity index (χ3n) is 3.37. The number of hydrogen-bond acceptors (Lipinski definition) is 4. The van der Waals surface area contributed by atoms with Gasteiger partial charge in [0, 0.05) is 25.2 Å². The van der Waals surface area contributed by atoms with E-state index in [4.69, 9.17) is 18.0 Å². The van der Waals surface area contributed by atoms with Crippen LogP contribution in [-0.2, 0) is 19.6 Å². The molecule has 104 valence electrons. The molecule has 2 aromatic rings. The van der Waals surface area contributed by atoms with E-state index < -0.39 is 0 Å². The Balaban J connectivity index is 1.77. The highest BCUT2D eigenvalue weighted by molar-refractivity contribution is 7.80. The van der Waals surface area contributed by atoms with Crippen LogP contribution in [0.5, 0.6) is 0 Å². The van der Waals surface area contributed by atoms with Crippen LogP contribution in [0.2, 0.25) is 0 Å². The monoisotopic (exact) mass is 291 g/mol. The summed E-state index contributed by atoms with van der Waals surface area (Å²) in [4.78, 5) is 2.41. The molecule has 1 aromatic carbocycles. The Morgan fingerprint density at radius 2 is 2.20 bits per heavy atom. The van der Waals surface area contributed by atoms with Crippen molar-refractivity contribution in [1.29, 1.82) is 0 Å². The smallest absolute Gasteiger partial charge is 0.147 e. The highest BCUT2D eigenvalue weighted by atomic mass is 32.1. The van der Waals surface area contributed by atoms with Gasteiger partial charge in [-0.05, 0) is 23.8 Å². The summed E-state index contributed by atoms with van der Waals surface area (Å²) in [5, 5.41) is 7.96. The molecule has 0 aliphatic carbocycles. The second-order valence-electron chi connectivity index (χ2n) is 4.86. The first-order valence-corrected chi connectivity index (χ1v) is 6.71. The van der Waals surface area contributed by atoms with Gasteiger partial charge in [0.15, 0.2) is 0 Å². The largest absolute Gasteiger partial charge is 0.389 e. The van der Waals surface area contributed by atoms with Crippen molar-refractivity contribution in [1.82, 2.24) is 19.7 Å². The lowest BCUT2D eigenvalue weighted by Crippen LogP contribution is -2.33. The zero-order valence-corrected chi connectivity index (χ0v) is 11.6. The molecule has 7 heteroatoms. The molecular formula is C13H14FN5S. The van der Waals surface area contributed by atoms with Crippen LogP contribution in [-0.4, -0.2) is 31.2 Å². The molecule has 0 radical (unpaired) electrons. The summed E-state index contributed by atoms with van der Waals surface area (Å²) >= 11 is 4.90. The minimum Gasteiger partial charge on any atom is -0.389 e. The van der Waals surface area contributed by atoms with Crippen molar-refractivity contribution in [3.05, 3.63) is 47.3 Å². The number of thiocarbonyl (C=S) groups is 1. The van der Waals surface area contributed by atoms with Gasteiger partial charge in [0.05, 0.1) is 6.54 Å². The van der Waals surface area contributed by atoms with Crippen LogP contribution in [0.15, 0.2) is 24.5 Å². The molecule has 5 nitrogen and oxygen atoms in total. The van der Waals surface area contributed by atoms with Crippen molar-refractivity contribution in [2.75, 3.05) is 6.54 Å². The van der Waals surface area contributed by atoms with Crippen LogP contribution in [0.4, 0.5) is 4.39 Å². The third kappa shape index (κ3) is 2.68. The first-order valence-electron chi connectivity index (χ1n) is 6.30. The first-order chi connectivity index (χ1) is 9.61. The molecular weight excluding hydrogens is 277 g/mol. The van der Waals surface area contributed by atoms with Crippen LogP contribution in [0, 0.1) is 5.82 Å². The number of rotatable bonds is 3. The lowest BCUT2D eigenvalue weighted by molar-refractivity contribution is 0.208. The van der Waals surface area contributed by atoms with Crippen molar-refractivity contribution < 1.29 is 4.39 Å². The Hall–Kier alpha value is -1.86. The molecule has 0 bridgehead atoms. The van der Waals surface area contributed by atoms with Crippen molar-refractivity contribution in [2.24, 2.45) is 5.73 Å². The number of nitrogens with two attached hydrogens (primary N) is 1. The zero-order chi connectivity index (χ0) is 14.1. The Morgan fingerprint density at radius 3 is 3.00 bits per heavy atom. The fourth-order valence-corrected chi connectivity index (χ4v) is 2.51. The van der Waals surface area contributed by atoms with Gasteiger partial charge >= 0.3 is 0 Å². The summed E-state index contributed by atoms with van der Waals surface area (Å²) in [6.07, 6.45) is 1.74. The van der Waals surface area contributed by atoms with Gasteiger partial charge in [0.2, 0.25) is 0 Å². The molecule has 2 heterocycles. The molecule has 3 rings (SSSR count). The fourth-order valence-electron chi connectivity index (χ4n) is 2.39. The number of aromatic nitrogens is 3. The summed E-state index contributed by atoms with van der Waals surface area (Å²) in [6.45, 7) is 3.07. The average molecular weight is 291 g/mol. The minimum atomic E-state index is -0.314. The maximum atomic E-state index is 13.6. The molecule has 20 heavy (non-hydrogen) atoms. The van der Waals surface area contributed by atoms with Crippen molar-refractivity contribution in [2.45, 2.75) is 19.6 Å². The van der Waals surface area contributed by atoms with Gasteiger partial charge in [-0.3, -0.25) is 4.90 Å². The number of hydrogen-bond donors (Lipinski definition) is 1. The van der Waals surface area contributed by atoms with E-state index in [-0.39, 0.29) is 10.8 Å². The highest BCUT2D eigenvalue weighted by Crippen LogP contribution is 2.15. The summed E-state index contributed by atoms with van der Waals surface area (Å²) < 4.78 is 15.6. The number of nitrogens with zero attached hydrogens (tertiary/aromatic N) is 4. The van der Waals surface area contributed by atoms with Crippen LogP contribution in [0.3, 0.4) is 0 Å². The van der Waals surface area contributed by atoms with Gasteiger partial charge < -0.3 is 10.3 Å². The molecule has 0 unspecified atom stereocenters. The maximum absolute atomic E-state index is 13.6. The molecule has 0 spiro atoms. The summed E-state index contributed by atoms with van der Waals surface area (Å²) in [5.74, 6) is 0.618. The number of fused-ring (bicyclic) bond motifs is 1. The third-order valence-corrected chi connectivity index (χ3v) is 3.60. The topological polar surface area (TPSA) is 60.0 Å². The normalized spacial score (nSPS) is 15.1. The van der Waals surface area contributed by atoms with E-state index in [1.54, 1.807) is 6.33 Å². The standard InChI is InChI=1S/C13H14FN5S/c14-11-4-9(3-10(5-11)13(15)20)6-18-1-2-19-8-16-17-12(19)7-18/h3-5,8H,1-2,6-7H2,(H2,15,20). The van der Waals surface area contributed by atoms with Gasteiger partial charge in [-0.15, -0.1) is 10.2 Å². The van der Waals surface area contributed by atoms with Gasteiger partial charge in [-0.2, -0.15) is 0 Å². The summed E-state index contributed by atoms with van der Waals surface area (Å²) in [5.41, 5.74) is 6.99. The Kier molecular flexibility index (Phi) is 3.45. The molecule has 2 N–H and O–H groups in total. The van der Waals surface area contributed by atoms with E-state index in [1.165, 1.54) is 12.1 Å². The summed E-state index contributed by atoms with van der Waals surface area (Å²) in [7, 11) is 0. The van der Waals surface area contributed by atoms with E-state index in [0.29, 0.717) is 18.7 Å². The quantitative estimate of drug-likeness (QED) is 0.857. The van der Waals surface area contributed by atoms with Crippen molar-refractivity contribution in [3.63, 3.8) is 0 Å². The van der Waals surface area contributed by atoms with Crippen LogP contribution >= 0.6 is 12.2 Å². The van der Waals surface area contributed by atoms with Crippen LogP contribution < -0.4 is 5.73 Å². The fraction of sp³-hybridized carbons (Fsp3) is 0.308. The van der Waals surface area contributed by atoms with Gasteiger partial charge in [-0.1, -0.05) is 12.2 Å². The molecule has 0 saturated carbocycles. The van der Waals surface area contributed by atoms with E-state index in [9.17, 15) is 4.39 Å². The van der Waals surface area contributed by atoms with E-state index >= 15 is 0 Å². The predicted octanol–water partition coefficient (Wildman–Crippen LogP) is 1.07. The Labute approximate surface area is 121 Å². The molecule has 1 aliphatic rings. The molecule has 0 saturated heterocycles. The molecule has 0 amide bonds. The number of halogens is 1. The second kappa shape index (κ2) is 5.26. The Morgan fingerprint density at radius 1 is 1.35 bits per heavy atom.